The molecule has 0 N–H and O–H groups in total. The first-order chi connectivity index (χ1) is 15.2. The van der Waals surface area contributed by atoms with Crippen molar-refractivity contribution in [2.75, 3.05) is 7.11 Å². The van der Waals surface area contributed by atoms with Crippen LogP contribution in [-0.2, 0) is 4.84 Å². The summed E-state index contributed by atoms with van der Waals surface area (Å²) in [6.45, 7) is 16.5. The first-order valence-electron chi connectivity index (χ1n) is 12.1. The Morgan fingerprint density at radius 1 is 0.906 bits per heavy atom. The standard InChI is InChI=1S/C29H39NOSi/c1-20(2)32(21(3)4,22(5)6)19-18-25-17-16-24-13-9-10-14-26(24)29(25)28-23(7)12-11-15-27(28)30-31-8/h9-10,13-14,16-17,20-22H,11-12,15H2,1-8H3/b30-27+. The van der Waals surface area contributed by atoms with E-state index in [-0.39, 0.29) is 0 Å². The molecular formula is C29H39NOSi. The van der Waals surface area contributed by atoms with Crippen LogP contribution in [0.4, 0.5) is 0 Å². The molecule has 0 unspecified atom stereocenters. The minimum Gasteiger partial charge on any atom is -0.399 e. The van der Waals surface area contributed by atoms with E-state index < -0.39 is 8.07 Å². The molecule has 2 nitrogen and oxygen atoms in total. The summed E-state index contributed by atoms with van der Waals surface area (Å²) in [6, 6.07) is 13.1. The van der Waals surface area contributed by atoms with Crippen LogP contribution in [0.2, 0.25) is 16.6 Å². The Morgan fingerprint density at radius 3 is 2.19 bits per heavy atom. The molecular weight excluding hydrogens is 406 g/mol. The van der Waals surface area contributed by atoms with Gasteiger partial charge >= 0.3 is 0 Å². The quantitative estimate of drug-likeness (QED) is 0.257. The Kier molecular flexibility index (Phi) is 7.67. The fraction of sp³-hybridized carbons (Fsp3) is 0.483. The highest BCUT2D eigenvalue weighted by atomic mass is 28.3. The number of oxime groups is 1. The van der Waals surface area contributed by atoms with Gasteiger partial charge in [0, 0.05) is 16.7 Å². The second kappa shape index (κ2) is 10.1. The van der Waals surface area contributed by atoms with Crippen LogP contribution >= 0.6 is 0 Å². The van der Waals surface area contributed by atoms with Crippen LogP contribution in [0.25, 0.3) is 16.3 Å². The molecule has 0 spiro atoms. The molecule has 1 aliphatic carbocycles. The average Bonchev–Trinajstić information content (AvgIpc) is 2.74. The van der Waals surface area contributed by atoms with E-state index in [1.54, 1.807) is 7.11 Å². The molecule has 3 heteroatoms. The lowest BCUT2D eigenvalue weighted by Crippen LogP contribution is -2.43. The summed E-state index contributed by atoms with van der Waals surface area (Å²) >= 11 is 0. The van der Waals surface area contributed by atoms with Crippen LogP contribution in [0, 0.1) is 11.5 Å². The maximum absolute atomic E-state index is 5.27. The number of allylic oxidation sites excluding steroid dienone is 2. The molecule has 0 aliphatic heterocycles. The summed E-state index contributed by atoms with van der Waals surface area (Å²) in [7, 11) is -0.186. The highest BCUT2D eigenvalue weighted by molar-refractivity contribution is 6.90. The van der Waals surface area contributed by atoms with Crippen LogP contribution < -0.4 is 0 Å². The van der Waals surface area contributed by atoms with Gasteiger partial charge in [-0.25, -0.2) is 0 Å². The van der Waals surface area contributed by atoms with Crippen LogP contribution in [0.3, 0.4) is 0 Å². The van der Waals surface area contributed by atoms with Crippen molar-refractivity contribution < 1.29 is 4.84 Å². The number of fused-ring (bicyclic) bond motifs is 1. The van der Waals surface area contributed by atoms with Crippen molar-refractivity contribution in [2.45, 2.75) is 84.4 Å². The fourth-order valence-corrected chi connectivity index (χ4v) is 11.0. The van der Waals surface area contributed by atoms with Gasteiger partial charge in [0.25, 0.3) is 0 Å². The van der Waals surface area contributed by atoms with Crippen molar-refractivity contribution in [1.29, 1.82) is 0 Å². The summed E-state index contributed by atoms with van der Waals surface area (Å²) in [5, 5.41) is 6.95. The van der Waals surface area contributed by atoms with Crippen LogP contribution in [0.5, 0.6) is 0 Å². The van der Waals surface area contributed by atoms with Gasteiger partial charge in [-0.05, 0) is 59.6 Å². The summed E-state index contributed by atoms with van der Waals surface area (Å²) in [6.07, 6.45) is 3.16. The molecule has 32 heavy (non-hydrogen) atoms. The van der Waals surface area contributed by atoms with Gasteiger partial charge in [-0.3, -0.25) is 0 Å². The zero-order valence-corrected chi connectivity index (χ0v) is 22.2. The summed E-state index contributed by atoms with van der Waals surface area (Å²) in [5.74, 6) is 3.75. The normalized spacial score (nSPS) is 16.3. The van der Waals surface area contributed by atoms with Gasteiger partial charge in [0.2, 0.25) is 0 Å². The molecule has 0 radical (unpaired) electrons. The lowest BCUT2D eigenvalue weighted by molar-refractivity contribution is 0.213. The predicted molar refractivity (Wildman–Crippen MR) is 143 cm³/mol. The lowest BCUT2D eigenvalue weighted by Gasteiger charge is -2.38. The highest BCUT2D eigenvalue weighted by Crippen LogP contribution is 2.41. The Labute approximate surface area is 196 Å². The number of rotatable bonds is 5. The van der Waals surface area contributed by atoms with E-state index in [1.807, 2.05) is 0 Å². The van der Waals surface area contributed by atoms with E-state index in [9.17, 15) is 0 Å². The van der Waals surface area contributed by atoms with Gasteiger partial charge < -0.3 is 4.84 Å². The monoisotopic (exact) mass is 445 g/mol. The van der Waals surface area contributed by atoms with E-state index in [4.69, 9.17) is 4.84 Å². The lowest BCUT2D eigenvalue weighted by atomic mass is 9.82. The second-order valence-electron chi connectivity index (χ2n) is 10.1. The molecule has 170 valence electrons. The smallest absolute Gasteiger partial charge is 0.146 e. The molecule has 0 saturated heterocycles. The molecule has 2 aromatic rings. The van der Waals surface area contributed by atoms with Crippen molar-refractivity contribution in [1.82, 2.24) is 0 Å². The van der Waals surface area contributed by atoms with E-state index in [0.717, 1.165) is 30.5 Å². The molecule has 2 aromatic carbocycles. The molecule has 0 heterocycles. The van der Waals surface area contributed by atoms with Gasteiger partial charge in [0.15, 0.2) is 0 Å². The van der Waals surface area contributed by atoms with Crippen LogP contribution in [0.15, 0.2) is 47.1 Å². The van der Waals surface area contributed by atoms with Crippen LogP contribution in [-0.4, -0.2) is 20.9 Å². The van der Waals surface area contributed by atoms with E-state index in [2.05, 4.69) is 101 Å². The molecule has 0 bridgehead atoms. The number of benzene rings is 2. The zero-order chi connectivity index (χ0) is 23.5. The minimum absolute atomic E-state index is 0.611. The Balaban J connectivity index is 2.35. The molecule has 1 aliphatic rings. The van der Waals surface area contributed by atoms with Gasteiger partial charge in [0.1, 0.15) is 15.2 Å². The number of nitrogens with zero attached hydrogens (tertiary/aromatic N) is 1. The van der Waals surface area contributed by atoms with Gasteiger partial charge in [-0.15, -0.1) is 5.54 Å². The summed E-state index contributed by atoms with van der Waals surface area (Å²) in [5.41, 5.74) is 11.8. The third-order valence-electron chi connectivity index (χ3n) is 7.34. The third kappa shape index (κ3) is 4.43. The molecule has 0 saturated carbocycles. The van der Waals surface area contributed by atoms with Crippen molar-refractivity contribution in [3.8, 4) is 11.5 Å². The Hall–Kier alpha value is -2.31. The molecule has 0 amide bonds. The topological polar surface area (TPSA) is 21.6 Å². The SMILES string of the molecule is CO/N=C1\CCCC(C)=C1c1c(C#C[Si](C(C)C)(C(C)C)C(C)C)ccc2ccccc12. The minimum atomic E-state index is -1.83. The Bertz CT molecular complexity index is 1070. The zero-order valence-electron chi connectivity index (χ0n) is 21.2. The molecule has 0 aromatic heterocycles. The van der Waals surface area contributed by atoms with E-state index in [1.165, 1.54) is 27.5 Å². The molecule has 0 atom stereocenters. The first kappa shape index (κ1) is 24.3. The average molecular weight is 446 g/mol. The predicted octanol–water partition coefficient (Wildman–Crippen LogP) is 8.37. The summed E-state index contributed by atoms with van der Waals surface area (Å²) in [4.78, 5) is 5.27. The van der Waals surface area contributed by atoms with Gasteiger partial charge in [-0.1, -0.05) is 88.5 Å². The third-order valence-corrected chi connectivity index (χ3v) is 13.6. The molecule has 0 fully saturated rings. The van der Waals surface area contributed by atoms with Gasteiger partial charge in [-0.2, -0.15) is 0 Å². The Morgan fingerprint density at radius 2 is 1.56 bits per heavy atom. The van der Waals surface area contributed by atoms with Crippen molar-refractivity contribution in [3.63, 3.8) is 0 Å². The highest BCUT2D eigenvalue weighted by Gasteiger charge is 2.41. The fourth-order valence-electron chi connectivity index (χ4n) is 5.83. The maximum Gasteiger partial charge on any atom is 0.146 e. The second-order valence-corrected chi connectivity index (χ2v) is 15.7. The van der Waals surface area contributed by atoms with E-state index >= 15 is 0 Å². The van der Waals surface area contributed by atoms with Crippen molar-refractivity contribution in [2.24, 2.45) is 5.16 Å². The van der Waals surface area contributed by atoms with Crippen molar-refractivity contribution in [3.05, 3.63) is 53.1 Å². The van der Waals surface area contributed by atoms with Crippen molar-refractivity contribution >= 4 is 30.1 Å². The first-order valence-corrected chi connectivity index (χ1v) is 14.3. The maximum atomic E-state index is 5.27. The van der Waals surface area contributed by atoms with Gasteiger partial charge in [0.05, 0.1) is 5.71 Å². The number of hydrogen-bond donors (Lipinski definition) is 0. The van der Waals surface area contributed by atoms with Crippen LogP contribution in [0.1, 0.15) is 78.9 Å². The summed E-state index contributed by atoms with van der Waals surface area (Å²) < 4.78 is 0. The largest absolute Gasteiger partial charge is 0.399 e. The van der Waals surface area contributed by atoms with E-state index in [0.29, 0.717) is 16.6 Å². The number of hydrogen-bond acceptors (Lipinski definition) is 2. The molecule has 3 rings (SSSR count).